The highest BCUT2D eigenvalue weighted by molar-refractivity contribution is 6.06. The van der Waals surface area contributed by atoms with Crippen LogP contribution in [0.5, 0.6) is 0 Å². The van der Waals surface area contributed by atoms with E-state index in [1.165, 1.54) is 33.4 Å². The van der Waals surface area contributed by atoms with Crippen LogP contribution in [0.1, 0.15) is 25.0 Å². The quantitative estimate of drug-likeness (QED) is 0.170. The summed E-state index contributed by atoms with van der Waals surface area (Å²) in [7, 11) is 0. The largest absolute Gasteiger partial charge is 0.456 e. The highest BCUT2D eigenvalue weighted by Gasteiger charge is 2.36. The molecule has 1 aliphatic carbocycles. The van der Waals surface area contributed by atoms with Gasteiger partial charge in [0.1, 0.15) is 11.2 Å². The molecule has 0 amide bonds. The predicted octanol–water partition coefficient (Wildman–Crippen LogP) is 14.7. The van der Waals surface area contributed by atoms with Crippen LogP contribution in [0.4, 0.5) is 0 Å². The van der Waals surface area contributed by atoms with E-state index >= 15 is 0 Å². The van der Waals surface area contributed by atoms with E-state index in [1.54, 1.807) is 0 Å². The highest BCUT2D eigenvalue weighted by atomic mass is 16.3. The van der Waals surface area contributed by atoms with Crippen LogP contribution in [0, 0.1) is 0 Å². The Morgan fingerprint density at radius 1 is 0.362 bits per heavy atom. The molecule has 0 saturated heterocycles. The van der Waals surface area contributed by atoms with Gasteiger partial charge in [-0.3, -0.25) is 0 Å². The number of hydrogen-bond acceptors (Lipinski definition) is 3. The van der Waals surface area contributed by atoms with E-state index in [-0.39, 0.29) is 5.41 Å². The third-order valence-corrected chi connectivity index (χ3v) is 11.9. The number of furan rings is 1. The maximum Gasteiger partial charge on any atom is 0.160 e. The molecule has 10 aromatic rings. The molecule has 0 aliphatic heterocycles. The van der Waals surface area contributed by atoms with Crippen LogP contribution in [0.3, 0.4) is 0 Å². The van der Waals surface area contributed by atoms with E-state index < -0.39 is 0 Å². The van der Waals surface area contributed by atoms with Crippen molar-refractivity contribution in [3.8, 4) is 78.4 Å². The summed E-state index contributed by atoms with van der Waals surface area (Å²) in [4.78, 5) is 10.7. The maximum atomic E-state index is 6.24. The number of benzene rings is 8. The van der Waals surface area contributed by atoms with Crippen LogP contribution in [0.2, 0.25) is 0 Å². The number of hydrogen-bond donors (Lipinski definition) is 0. The third kappa shape index (κ3) is 5.66. The summed E-state index contributed by atoms with van der Waals surface area (Å²) in [5.74, 6) is 0.696. The Morgan fingerprint density at radius 3 is 1.71 bits per heavy atom. The van der Waals surface area contributed by atoms with Crippen molar-refractivity contribution in [2.24, 2.45) is 0 Å². The molecule has 274 valence electrons. The Hall–Kier alpha value is -7.36. The van der Waals surface area contributed by atoms with Gasteiger partial charge in [0.25, 0.3) is 0 Å². The zero-order chi connectivity index (χ0) is 38.8. The van der Waals surface area contributed by atoms with E-state index in [2.05, 4.69) is 190 Å². The number of fused-ring (bicyclic) bond motifs is 6. The van der Waals surface area contributed by atoms with Gasteiger partial charge in [-0.05, 0) is 98.1 Å². The summed E-state index contributed by atoms with van der Waals surface area (Å²) in [6.45, 7) is 4.65. The van der Waals surface area contributed by atoms with Crippen molar-refractivity contribution >= 4 is 21.9 Å². The summed E-state index contributed by atoms with van der Waals surface area (Å²) >= 11 is 0. The van der Waals surface area contributed by atoms with Crippen LogP contribution in [-0.2, 0) is 5.41 Å². The molecule has 0 N–H and O–H groups in total. The minimum atomic E-state index is -0.124. The van der Waals surface area contributed by atoms with Crippen molar-refractivity contribution < 1.29 is 4.42 Å². The molecule has 11 rings (SSSR count). The molecule has 1 aliphatic rings. The fourth-order valence-corrected chi connectivity index (χ4v) is 8.92. The van der Waals surface area contributed by atoms with Crippen molar-refractivity contribution in [2.45, 2.75) is 19.3 Å². The minimum Gasteiger partial charge on any atom is -0.456 e. The molecule has 0 atom stereocenters. The second kappa shape index (κ2) is 13.4. The van der Waals surface area contributed by atoms with E-state index in [0.717, 1.165) is 72.3 Å². The normalized spacial score (nSPS) is 12.8. The van der Waals surface area contributed by atoms with Gasteiger partial charge in [0.05, 0.1) is 11.4 Å². The molecule has 2 aromatic heterocycles. The predicted molar refractivity (Wildman–Crippen MR) is 239 cm³/mol. The SMILES string of the molecule is CC1(C)c2ccccc2-c2c(-c3cc(-c4cc(-c5ccc(-c6ccccc6)cc5)cc(-c5ccc6oc7ccccc7c6c5)c4)nc(-c4ccccc4)n3)cccc21. The van der Waals surface area contributed by atoms with Crippen molar-refractivity contribution in [3.63, 3.8) is 0 Å². The second-order valence-corrected chi connectivity index (χ2v) is 15.8. The van der Waals surface area contributed by atoms with Gasteiger partial charge in [0.2, 0.25) is 0 Å². The van der Waals surface area contributed by atoms with Crippen molar-refractivity contribution in [3.05, 3.63) is 205 Å². The molecule has 0 fully saturated rings. The molecule has 3 heteroatoms. The van der Waals surface area contributed by atoms with Gasteiger partial charge in [0.15, 0.2) is 5.82 Å². The Balaban J connectivity index is 1.13. The van der Waals surface area contributed by atoms with E-state index in [1.807, 2.05) is 18.2 Å². The zero-order valence-corrected chi connectivity index (χ0v) is 32.3. The molecule has 0 radical (unpaired) electrons. The fourth-order valence-electron chi connectivity index (χ4n) is 8.92. The number of aromatic nitrogens is 2. The fraction of sp³-hybridized carbons (Fsp3) is 0.0545. The van der Waals surface area contributed by atoms with Crippen molar-refractivity contribution in [1.29, 1.82) is 0 Å². The smallest absolute Gasteiger partial charge is 0.160 e. The maximum absolute atomic E-state index is 6.24. The number of para-hydroxylation sites is 1. The first-order valence-corrected chi connectivity index (χ1v) is 19.9. The Labute approximate surface area is 338 Å². The number of rotatable bonds is 6. The Morgan fingerprint density at radius 2 is 0.914 bits per heavy atom. The topological polar surface area (TPSA) is 38.9 Å². The summed E-state index contributed by atoms with van der Waals surface area (Å²) < 4.78 is 6.24. The monoisotopic (exact) mass is 742 g/mol. The lowest BCUT2D eigenvalue weighted by Crippen LogP contribution is -2.14. The average Bonchev–Trinajstić information content (AvgIpc) is 3.78. The summed E-state index contributed by atoms with van der Waals surface area (Å²) in [5, 5.41) is 2.21. The Kier molecular flexibility index (Phi) is 7.84. The van der Waals surface area contributed by atoms with Gasteiger partial charge in [-0.2, -0.15) is 0 Å². The average molecular weight is 743 g/mol. The first-order chi connectivity index (χ1) is 28.5. The lowest BCUT2D eigenvalue weighted by molar-refractivity contribution is 0.660. The first kappa shape index (κ1) is 33.9. The standard InChI is InChI=1S/C55H38N2O/c1-55(2)47-21-11-9-19-44(47)53-45(20-13-22-48(53)55)50-34-49(56-54(57-50)38-16-7-4-8-17-38)42-31-40(37-26-24-36(25-27-37)35-14-5-3-6-15-35)30-41(32-42)39-28-29-52-46(33-39)43-18-10-12-23-51(43)58-52/h3-34H,1-2H3. The lowest BCUT2D eigenvalue weighted by atomic mass is 9.82. The summed E-state index contributed by atoms with van der Waals surface area (Å²) in [5.41, 5.74) is 18.5. The van der Waals surface area contributed by atoms with Crippen LogP contribution >= 0.6 is 0 Å². The third-order valence-electron chi connectivity index (χ3n) is 11.9. The molecule has 2 heterocycles. The van der Waals surface area contributed by atoms with Crippen LogP contribution < -0.4 is 0 Å². The summed E-state index contributed by atoms with van der Waals surface area (Å²) in [6, 6.07) is 69.1. The van der Waals surface area contributed by atoms with Crippen LogP contribution in [0.15, 0.2) is 199 Å². The summed E-state index contributed by atoms with van der Waals surface area (Å²) in [6.07, 6.45) is 0. The minimum absolute atomic E-state index is 0.124. The van der Waals surface area contributed by atoms with Gasteiger partial charge >= 0.3 is 0 Å². The van der Waals surface area contributed by atoms with Gasteiger partial charge in [-0.1, -0.05) is 166 Å². The molecule has 3 nitrogen and oxygen atoms in total. The highest BCUT2D eigenvalue weighted by Crippen LogP contribution is 2.52. The molecule has 0 unspecified atom stereocenters. The van der Waals surface area contributed by atoms with Gasteiger partial charge < -0.3 is 4.42 Å². The van der Waals surface area contributed by atoms with Crippen molar-refractivity contribution in [2.75, 3.05) is 0 Å². The molecule has 58 heavy (non-hydrogen) atoms. The number of nitrogens with zero attached hydrogens (tertiary/aromatic N) is 2. The van der Waals surface area contributed by atoms with E-state index in [4.69, 9.17) is 14.4 Å². The molecule has 0 saturated carbocycles. The van der Waals surface area contributed by atoms with Gasteiger partial charge in [0, 0.05) is 32.9 Å². The van der Waals surface area contributed by atoms with Gasteiger partial charge in [-0.25, -0.2) is 9.97 Å². The van der Waals surface area contributed by atoms with E-state index in [9.17, 15) is 0 Å². The molecule has 0 spiro atoms. The molecular formula is C55H38N2O. The molecule has 0 bridgehead atoms. The lowest BCUT2D eigenvalue weighted by Gasteiger charge is -2.21. The van der Waals surface area contributed by atoms with Crippen molar-refractivity contribution in [1.82, 2.24) is 9.97 Å². The van der Waals surface area contributed by atoms with E-state index in [0.29, 0.717) is 5.82 Å². The van der Waals surface area contributed by atoms with Crippen LogP contribution in [0.25, 0.3) is 100 Å². The van der Waals surface area contributed by atoms with Gasteiger partial charge in [-0.15, -0.1) is 0 Å². The molecular weight excluding hydrogens is 705 g/mol. The second-order valence-electron chi connectivity index (χ2n) is 15.8. The first-order valence-electron chi connectivity index (χ1n) is 19.9. The molecule has 8 aromatic carbocycles. The van der Waals surface area contributed by atoms with Crippen LogP contribution in [-0.4, -0.2) is 9.97 Å². The Bertz CT molecular complexity index is 3180. The zero-order valence-electron chi connectivity index (χ0n) is 32.3.